The van der Waals surface area contributed by atoms with Crippen LogP contribution in [0.5, 0.6) is 0 Å². The summed E-state index contributed by atoms with van der Waals surface area (Å²) in [5.74, 6) is 0.132. The Kier molecular flexibility index (Phi) is 6.91. The zero-order chi connectivity index (χ0) is 25.0. The maximum absolute atomic E-state index is 13.1. The quantitative estimate of drug-likeness (QED) is 0.373. The van der Waals surface area contributed by atoms with Gasteiger partial charge >= 0.3 is 0 Å². The van der Waals surface area contributed by atoms with Gasteiger partial charge in [-0.15, -0.1) is 0 Å². The van der Waals surface area contributed by atoms with Crippen LogP contribution in [0.15, 0.2) is 79.0 Å². The number of aryl methyl sites for hydroxylation is 1. The van der Waals surface area contributed by atoms with Gasteiger partial charge in [-0.3, -0.25) is 9.48 Å². The van der Waals surface area contributed by atoms with Crippen molar-refractivity contribution in [1.29, 1.82) is 0 Å². The van der Waals surface area contributed by atoms with Crippen LogP contribution in [0.1, 0.15) is 40.7 Å². The molecule has 3 aromatic carbocycles. The van der Waals surface area contributed by atoms with Crippen LogP contribution in [0.4, 0.5) is 5.69 Å². The van der Waals surface area contributed by atoms with Crippen LogP contribution in [-0.2, 0) is 19.5 Å². The fourth-order valence-electron chi connectivity index (χ4n) is 5.75. The second-order valence-electron chi connectivity index (χ2n) is 10.3. The number of nitrogens with zero attached hydrogens (tertiary/aromatic N) is 4. The average molecular weight is 494 g/mol. The zero-order valence-electron chi connectivity index (χ0n) is 21.4. The maximum Gasteiger partial charge on any atom is 0.254 e. The number of hydrogen-bond donors (Lipinski definition) is 1. The van der Waals surface area contributed by atoms with Gasteiger partial charge < -0.3 is 15.1 Å². The van der Waals surface area contributed by atoms with Crippen LogP contribution >= 0.6 is 0 Å². The van der Waals surface area contributed by atoms with Crippen molar-refractivity contribution in [2.75, 3.05) is 31.1 Å². The van der Waals surface area contributed by atoms with Gasteiger partial charge in [-0.05, 0) is 73.7 Å². The van der Waals surface area contributed by atoms with Crippen LogP contribution in [-0.4, -0.2) is 52.8 Å². The van der Waals surface area contributed by atoms with Crippen LogP contribution in [0.3, 0.4) is 0 Å². The van der Waals surface area contributed by atoms with E-state index >= 15 is 0 Å². The van der Waals surface area contributed by atoms with Gasteiger partial charge in [-0.1, -0.05) is 42.5 Å². The van der Waals surface area contributed by atoms with Crippen molar-refractivity contribution in [3.05, 3.63) is 95.7 Å². The number of benzene rings is 3. The summed E-state index contributed by atoms with van der Waals surface area (Å²) in [5.41, 5.74) is 5.84. The van der Waals surface area contributed by atoms with E-state index in [9.17, 15) is 4.79 Å². The van der Waals surface area contributed by atoms with Crippen molar-refractivity contribution in [3.63, 3.8) is 0 Å². The molecule has 190 valence electrons. The van der Waals surface area contributed by atoms with E-state index in [4.69, 9.17) is 0 Å². The fraction of sp³-hybridized carbons (Fsp3) is 0.355. The Morgan fingerprint density at radius 3 is 2.49 bits per heavy atom. The van der Waals surface area contributed by atoms with Crippen LogP contribution < -0.4 is 10.2 Å². The molecule has 3 heterocycles. The first-order chi connectivity index (χ1) is 18.2. The van der Waals surface area contributed by atoms with E-state index in [0.717, 1.165) is 64.0 Å². The maximum atomic E-state index is 13.1. The molecule has 2 aliphatic rings. The Bertz CT molecular complexity index is 1350. The molecule has 6 rings (SSSR count). The summed E-state index contributed by atoms with van der Waals surface area (Å²) >= 11 is 0. The first-order valence-corrected chi connectivity index (χ1v) is 13.6. The fourth-order valence-corrected chi connectivity index (χ4v) is 5.75. The molecule has 0 unspecified atom stereocenters. The number of piperidine rings is 1. The number of nitrogens with one attached hydrogen (secondary N) is 1. The minimum absolute atomic E-state index is 0.132. The van der Waals surface area contributed by atoms with Crippen molar-refractivity contribution >= 4 is 22.5 Å². The lowest BCUT2D eigenvalue weighted by molar-refractivity contribution is 0.0734. The SMILES string of the molecule is O=C(c1ccc(N2CCC(NCCCn3ncc4ccccc43)CC2)cc1)N1CCc2ccccc2C1. The third kappa shape index (κ3) is 5.25. The number of amides is 1. The topological polar surface area (TPSA) is 53.4 Å². The third-order valence-corrected chi connectivity index (χ3v) is 7.92. The van der Waals surface area contributed by atoms with Crippen LogP contribution in [0.2, 0.25) is 0 Å². The van der Waals surface area contributed by atoms with E-state index in [1.165, 1.54) is 27.7 Å². The van der Waals surface area contributed by atoms with Gasteiger partial charge in [0.1, 0.15) is 0 Å². The smallest absolute Gasteiger partial charge is 0.254 e. The Morgan fingerprint density at radius 2 is 1.65 bits per heavy atom. The van der Waals surface area contributed by atoms with Gasteiger partial charge in [0.2, 0.25) is 0 Å². The van der Waals surface area contributed by atoms with E-state index in [1.54, 1.807) is 0 Å². The van der Waals surface area contributed by atoms with E-state index in [0.29, 0.717) is 12.6 Å². The number of para-hydroxylation sites is 1. The van der Waals surface area contributed by atoms with Gasteiger partial charge in [-0.2, -0.15) is 5.10 Å². The second-order valence-corrected chi connectivity index (χ2v) is 10.3. The highest BCUT2D eigenvalue weighted by Crippen LogP contribution is 2.24. The summed E-state index contributed by atoms with van der Waals surface area (Å²) in [6.07, 6.45) is 6.23. The molecule has 1 fully saturated rings. The number of carbonyl (C=O) groups excluding carboxylic acids is 1. The molecule has 4 aromatic rings. The molecule has 0 saturated carbocycles. The molecule has 1 N–H and O–H groups in total. The molecule has 1 saturated heterocycles. The molecule has 0 atom stereocenters. The lowest BCUT2D eigenvalue weighted by Crippen LogP contribution is -2.43. The Hall–Kier alpha value is -3.64. The number of fused-ring (bicyclic) bond motifs is 2. The minimum atomic E-state index is 0.132. The molecular formula is C31H35N5O. The molecule has 6 nitrogen and oxygen atoms in total. The summed E-state index contributed by atoms with van der Waals surface area (Å²) in [7, 11) is 0. The van der Waals surface area contributed by atoms with Gasteiger partial charge in [0, 0.05) is 55.4 Å². The molecule has 0 spiro atoms. The number of hydrogen-bond acceptors (Lipinski definition) is 4. The Balaban J connectivity index is 0.954. The van der Waals surface area contributed by atoms with Crippen molar-refractivity contribution in [1.82, 2.24) is 20.0 Å². The van der Waals surface area contributed by atoms with Gasteiger partial charge in [0.05, 0.1) is 11.7 Å². The summed E-state index contributed by atoms with van der Waals surface area (Å²) in [4.78, 5) is 17.5. The van der Waals surface area contributed by atoms with Crippen molar-refractivity contribution < 1.29 is 4.79 Å². The lowest BCUT2D eigenvalue weighted by atomic mass is 9.99. The monoisotopic (exact) mass is 493 g/mol. The van der Waals surface area contributed by atoms with Crippen molar-refractivity contribution in [2.45, 2.75) is 44.8 Å². The first-order valence-electron chi connectivity index (χ1n) is 13.6. The summed E-state index contributed by atoms with van der Waals surface area (Å²) in [6, 6.07) is 25.6. The predicted molar refractivity (Wildman–Crippen MR) is 149 cm³/mol. The normalized spacial score (nSPS) is 16.2. The molecule has 0 radical (unpaired) electrons. The predicted octanol–water partition coefficient (Wildman–Crippen LogP) is 4.88. The molecule has 0 bridgehead atoms. The number of carbonyl (C=O) groups is 1. The molecule has 1 amide bonds. The molecule has 1 aromatic heterocycles. The highest BCUT2D eigenvalue weighted by Gasteiger charge is 2.23. The largest absolute Gasteiger partial charge is 0.371 e. The zero-order valence-corrected chi connectivity index (χ0v) is 21.4. The summed E-state index contributed by atoms with van der Waals surface area (Å²) in [6.45, 7) is 5.52. The Morgan fingerprint density at radius 1 is 0.892 bits per heavy atom. The number of rotatable bonds is 7. The first kappa shape index (κ1) is 23.7. The molecular weight excluding hydrogens is 458 g/mol. The van der Waals surface area contributed by atoms with Crippen molar-refractivity contribution in [2.24, 2.45) is 0 Å². The Labute approximate surface area is 218 Å². The molecule has 2 aliphatic heterocycles. The number of aromatic nitrogens is 2. The molecule has 0 aliphatic carbocycles. The minimum Gasteiger partial charge on any atom is -0.371 e. The second kappa shape index (κ2) is 10.8. The highest BCUT2D eigenvalue weighted by molar-refractivity contribution is 5.94. The standard InChI is InChI=1S/C31H35N5O/c37-31(35-19-14-24-6-1-2-8-27(24)23-35)25-10-12-29(13-11-25)34-20-15-28(16-21-34)32-17-5-18-36-30-9-4-3-7-26(30)22-33-36/h1-4,6-13,22,28,32H,5,14-21,23H2. The third-order valence-electron chi connectivity index (χ3n) is 7.92. The average Bonchev–Trinajstić information content (AvgIpc) is 3.38. The van der Waals surface area contributed by atoms with E-state index in [2.05, 4.69) is 80.7 Å². The van der Waals surface area contributed by atoms with E-state index < -0.39 is 0 Å². The van der Waals surface area contributed by atoms with Crippen LogP contribution in [0.25, 0.3) is 10.9 Å². The lowest BCUT2D eigenvalue weighted by Gasteiger charge is -2.34. The van der Waals surface area contributed by atoms with Crippen LogP contribution in [0, 0.1) is 0 Å². The van der Waals surface area contributed by atoms with E-state index in [1.807, 2.05) is 23.2 Å². The van der Waals surface area contributed by atoms with Gasteiger partial charge in [0.15, 0.2) is 0 Å². The summed E-state index contributed by atoms with van der Waals surface area (Å²) < 4.78 is 2.11. The number of anilines is 1. The van der Waals surface area contributed by atoms with E-state index in [-0.39, 0.29) is 5.91 Å². The molecule has 37 heavy (non-hydrogen) atoms. The summed E-state index contributed by atoms with van der Waals surface area (Å²) in [5, 5.41) is 9.49. The highest BCUT2D eigenvalue weighted by atomic mass is 16.2. The molecule has 6 heteroatoms. The van der Waals surface area contributed by atoms with Crippen molar-refractivity contribution in [3.8, 4) is 0 Å². The van der Waals surface area contributed by atoms with Gasteiger partial charge in [0.25, 0.3) is 5.91 Å². The van der Waals surface area contributed by atoms with Gasteiger partial charge in [-0.25, -0.2) is 0 Å².